The second-order valence-corrected chi connectivity index (χ2v) is 9.06. The Balaban J connectivity index is 1.32. The van der Waals surface area contributed by atoms with Crippen LogP contribution in [0.1, 0.15) is 37.9 Å². The normalized spacial score (nSPS) is 18.9. The van der Waals surface area contributed by atoms with Crippen LogP contribution in [-0.4, -0.2) is 60.1 Å². The first-order valence-corrected chi connectivity index (χ1v) is 10.7. The van der Waals surface area contributed by atoms with E-state index < -0.39 is 0 Å². The molecular formula is C24H32N4O. The standard InChI is InChI=1S/C24H32N4O/c1-24(2)18-28(21-10-7-14-25-22(21)24)23(29)27-16-12-20(13-17-27)26(3)15-11-19-8-5-4-6-9-19/h4-10,14,20H,11-13,15-18H2,1-3H3. The van der Waals surface area contributed by atoms with Crippen LogP contribution in [0.2, 0.25) is 0 Å². The zero-order valence-corrected chi connectivity index (χ0v) is 17.8. The molecule has 1 aromatic carbocycles. The lowest BCUT2D eigenvalue weighted by atomic mass is 9.91. The molecule has 2 aliphatic rings. The topological polar surface area (TPSA) is 39.7 Å². The van der Waals surface area contributed by atoms with E-state index in [0.717, 1.165) is 50.3 Å². The molecule has 29 heavy (non-hydrogen) atoms. The van der Waals surface area contributed by atoms with Gasteiger partial charge < -0.3 is 9.80 Å². The van der Waals surface area contributed by atoms with Gasteiger partial charge in [0.15, 0.2) is 0 Å². The van der Waals surface area contributed by atoms with E-state index in [9.17, 15) is 4.79 Å². The summed E-state index contributed by atoms with van der Waals surface area (Å²) in [6, 6.07) is 15.3. The Hall–Kier alpha value is -2.40. The average Bonchev–Trinajstić information content (AvgIpc) is 3.03. The minimum atomic E-state index is -0.0950. The molecular weight excluding hydrogens is 360 g/mol. The smallest absolute Gasteiger partial charge is 0.324 e. The summed E-state index contributed by atoms with van der Waals surface area (Å²) < 4.78 is 0. The molecule has 2 amide bonds. The number of carbonyl (C=O) groups excluding carboxylic acids is 1. The maximum absolute atomic E-state index is 13.2. The lowest BCUT2D eigenvalue weighted by molar-refractivity contribution is 0.138. The summed E-state index contributed by atoms with van der Waals surface area (Å²) in [5, 5.41) is 0. The number of pyridine rings is 1. The molecule has 1 saturated heterocycles. The van der Waals surface area contributed by atoms with Crippen LogP contribution in [0.25, 0.3) is 0 Å². The molecule has 2 aromatic rings. The molecule has 0 N–H and O–H groups in total. The largest absolute Gasteiger partial charge is 0.324 e. The monoisotopic (exact) mass is 392 g/mol. The molecule has 5 heteroatoms. The molecule has 0 spiro atoms. The van der Waals surface area contributed by atoms with E-state index in [0.29, 0.717) is 12.6 Å². The van der Waals surface area contributed by atoms with Gasteiger partial charge in [-0.15, -0.1) is 0 Å². The summed E-state index contributed by atoms with van der Waals surface area (Å²) in [6.45, 7) is 7.74. The summed E-state index contributed by atoms with van der Waals surface area (Å²) >= 11 is 0. The Morgan fingerprint density at radius 3 is 2.59 bits per heavy atom. The summed E-state index contributed by atoms with van der Waals surface area (Å²) in [5.74, 6) is 0. The molecule has 2 aliphatic heterocycles. The molecule has 0 aliphatic carbocycles. The van der Waals surface area contributed by atoms with Crippen LogP contribution in [0.5, 0.6) is 0 Å². The van der Waals surface area contributed by atoms with E-state index in [1.54, 1.807) is 0 Å². The van der Waals surface area contributed by atoms with Gasteiger partial charge >= 0.3 is 6.03 Å². The molecule has 5 nitrogen and oxygen atoms in total. The molecule has 0 radical (unpaired) electrons. The van der Waals surface area contributed by atoms with Crippen LogP contribution in [0.3, 0.4) is 0 Å². The third-order valence-corrected chi connectivity index (χ3v) is 6.46. The summed E-state index contributed by atoms with van der Waals surface area (Å²) in [7, 11) is 2.22. The third kappa shape index (κ3) is 4.15. The zero-order valence-electron chi connectivity index (χ0n) is 17.8. The number of amides is 2. The number of urea groups is 1. The van der Waals surface area contributed by atoms with E-state index in [1.807, 2.05) is 28.1 Å². The zero-order chi connectivity index (χ0) is 20.4. The number of hydrogen-bond donors (Lipinski definition) is 0. The number of piperidine rings is 1. The fourth-order valence-electron chi connectivity index (χ4n) is 4.66. The van der Waals surface area contributed by atoms with Gasteiger partial charge in [0.1, 0.15) is 0 Å². The number of likely N-dealkylation sites (N-methyl/N-ethyl adjacent to an activating group) is 1. The Labute approximate surface area is 174 Å². The Bertz CT molecular complexity index is 843. The first kappa shape index (κ1) is 19.9. The fraction of sp³-hybridized carbons (Fsp3) is 0.500. The summed E-state index contributed by atoms with van der Waals surface area (Å²) in [6.07, 6.45) is 4.97. The maximum Gasteiger partial charge on any atom is 0.324 e. The molecule has 1 aromatic heterocycles. The van der Waals surface area contributed by atoms with Crippen molar-refractivity contribution >= 4 is 11.7 Å². The number of nitrogens with zero attached hydrogens (tertiary/aromatic N) is 4. The number of fused-ring (bicyclic) bond motifs is 1. The van der Waals surface area contributed by atoms with Crippen molar-refractivity contribution in [3.63, 3.8) is 0 Å². The quantitative estimate of drug-likeness (QED) is 0.791. The number of benzene rings is 1. The van der Waals surface area contributed by atoms with Crippen molar-refractivity contribution in [3.05, 3.63) is 59.9 Å². The van der Waals surface area contributed by atoms with Crippen molar-refractivity contribution in [3.8, 4) is 0 Å². The Kier molecular flexibility index (Phi) is 5.59. The Morgan fingerprint density at radius 1 is 1.14 bits per heavy atom. The van der Waals surface area contributed by atoms with Crippen molar-refractivity contribution in [1.82, 2.24) is 14.8 Å². The van der Waals surface area contributed by atoms with Gasteiger partial charge in [-0.3, -0.25) is 9.88 Å². The van der Waals surface area contributed by atoms with Gasteiger partial charge in [-0.1, -0.05) is 44.2 Å². The van der Waals surface area contributed by atoms with Crippen LogP contribution in [0, 0.1) is 0 Å². The van der Waals surface area contributed by atoms with Crippen molar-refractivity contribution in [2.75, 3.05) is 38.1 Å². The SMILES string of the molecule is CN(CCc1ccccc1)C1CCN(C(=O)N2CC(C)(C)c3ncccc32)CC1. The van der Waals surface area contributed by atoms with Gasteiger partial charge in [0.25, 0.3) is 0 Å². The van der Waals surface area contributed by atoms with Gasteiger partial charge in [0.05, 0.1) is 11.4 Å². The van der Waals surface area contributed by atoms with E-state index in [1.165, 1.54) is 5.56 Å². The molecule has 0 unspecified atom stereocenters. The molecule has 0 atom stereocenters. The van der Waals surface area contributed by atoms with E-state index in [2.05, 4.69) is 61.1 Å². The highest BCUT2D eigenvalue weighted by molar-refractivity contribution is 5.94. The number of rotatable bonds is 4. The lowest BCUT2D eigenvalue weighted by Gasteiger charge is -2.38. The molecule has 154 valence electrons. The fourth-order valence-corrected chi connectivity index (χ4v) is 4.66. The predicted octanol–water partition coefficient (Wildman–Crippen LogP) is 3.94. The van der Waals surface area contributed by atoms with Gasteiger partial charge in [0, 0.05) is 43.8 Å². The lowest BCUT2D eigenvalue weighted by Crippen LogP contribution is -2.50. The molecule has 4 rings (SSSR count). The average molecular weight is 393 g/mol. The van der Waals surface area contributed by atoms with Crippen LogP contribution in [0.15, 0.2) is 48.7 Å². The van der Waals surface area contributed by atoms with Crippen molar-refractivity contribution < 1.29 is 4.79 Å². The van der Waals surface area contributed by atoms with Crippen LogP contribution in [-0.2, 0) is 11.8 Å². The number of anilines is 1. The second-order valence-electron chi connectivity index (χ2n) is 9.06. The molecule has 0 bridgehead atoms. The van der Waals surface area contributed by atoms with Gasteiger partial charge in [-0.25, -0.2) is 4.79 Å². The summed E-state index contributed by atoms with van der Waals surface area (Å²) in [5.41, 5.74) is 3.30. The highest BCUT2D eigenvalue weighted by atomic mass is 16.2. The van der Waals surface area contributed by atoms with Gasteiger partial charge in [-0.2, -0.15) is 0 Å². The molecule has 1 fully saturated rings. The van der Waals surface area contributed by atoms with Crippen molar-refractivity contribution in [1.29, 1.82) is 0 Å². The van der Waals surface area contributed by atoms with Crippen LogP contribution in [0.4, 0.5) is 10.5 Å². The van der Waals surface area contributed by atoms with Gasteiger partial charge in [-0.05, 0) is 44.0 Å². The summed E-state index contributed by atoms with van der Waals surface area (Å²) in [4.78, 5) is 24.2. The first-order valence-electron chi connectivity index (χ1n) is 10.7. The third-order valence-electron chi connectivity index (χ3n) is 6.46. The molecule has 3 heterocycles. The van der Waals surface area contributed by atoms with Crippen LogP contribution < -0.4 is 4.90 Å². The number of likely N-dealkylation sites (tertiary alicyclic amines) is 1. The van der Waals surface area contributed by atoms with Crippen molar-refractivity contribution in [2.24, 2.45) is 0 Å². The van der Waals surface area contributed by atoms with E-state index in [4.69, 9.17) is 0 Å². The highest BCUT2D eigenvalue weighted by Crippen LogP contribution is 2.39. The van der Waals surface area contributed by atoms with Crippen LogP contribution >= 0.6 is 0 Å². The van der Waals surface area contributed by atoms with E-state index >= 15 is 0 Å². The second kappa shape index (κ2) is 8.15. The van der Waals surface area contributed by atoms with Gasteiger partial charge in [0.2, 0.25) is 0 Å². The van der Waals surface area contributed by atoms with E-state index in [-0.39, 0.29) is 11.4 Å². The number of carbonyl (C=O) groups is 1. The maximum atomic E-state index is 13.2. The first-order chi connectivity index (χ1) is 14.0. The predicted molar refractivity (Wildman–Crippen MR) is 117 cm³/mol. The number of aromatic nitrogens is 1. The van der Waals surface area contributed by atoms with Crippen molar-refractivity contribution in [2.45, 2.75) is 44.6 Å². The molecule has 0 saturated carbocycles. The number of hydrogen-bond acceptors (Lipinski definition) is 3. The minimum absolute atomic E-state index is 0.0950. The minimum Gasteiger partial charge on any atom is -0.324 e. The Morgan fingerprint density at radius 2 is 1.86 bits per heavy atom. The highest BCUT2D eigenvalue weighted by Gasteiger charge is 2.41.